The van der Waals surface area contributed by atoms with E-state index in [2.05, 4.69) is 31.9 Å². The molecule has 0 atom stereocenters. The highest BCUT2D eigenvalue weighted by molar-refractivity contribution is 9.10. The number of carbonyl (C=O) groups is 1. The molecule has 0 fully saturated rings. The molecule has 0 bridgehead atoms. The van der Waals surface area contributed by atoms with Gasteiger partial charge in [-0.15, -0.1) is 0 Å². The third kappa shape index (κ3) is 3.22. The Bertz CT molecular complexity index is 621. The fourth-order valence-electron chi connectivity index (χ4n) is 1.66. The van der Waals surface area contributed by atoms with Crippen LogP contribution in [0.5, 0.6) is 5.75 Å². The number of carbonyl (C=O) groups excluding carboxylic acids is 1. The summed E-state index contributed by atoms with van der Waals surface area (Å²) in [5.41, 5.74) is 0.758. The van der Waals surface area contributed by atoms with Crippen molar-refractivity contribution in [1.29, 1.82) is 0 Å². The van der Waals surface area contributed by atoms with Gasteiger partial charge in [-0.2, -0.15) is 0 Å². The molecule has 5 heteroatoms. The van der Waals surface area contributed by atoms with Crippen LogP contribution in [0.3, 0.4) is 0 Å². The molecule has 98 valence electrons. The van der Waals surface area contributed by atoms with Crippen molar-refractivity contribution in [3.8, 4) is 5.75 Å². The Morgan fingerprint density at radius 2 is 1.84 bits per heavy atom. The number of hydrogen-bond acceptors (Lipinski definition) is 2. The molecule has 0 aromatic heterocycles. The number of benzene rings is 2. The normalized spacial score (nSPS) is 10.3. The van der Waals surface area contributed by atoms with E-state index in [0.29, 0.717) is 25.8 Å². The summed E-state index contributed by atoms with van der Waals surface area (Å²) in [4.78, 5) is 12.3. The van der Waals surface area contributed by atoms with Gasteiger partial charge in [0.25, 0.3) is 0 Å². The van der Waals surface area contributed by atoms with Crippen LogP contribution in [0.25, 0.3) is 0 Å². The SMILES string of the molecule is COc1ccc(C(=O)c2cc(F)cc(Br)c2)cc1Br. The summed E-state index contributed by atoms with van der Waals surface area (Å²) in [6.45, 7) is 0. The van der Waals surface area contributed by atoms with Crippen molar-refractivity contribution < 1.29 is 13.9 Å². The van der Waals surface area contributed by atoms with Gasteiger partial charge in [-0.3, -0.25) is 4.79 Å². The maximum Gasteiger partial charge on any atom is 0.193 e. The number of ether oxygens (including phenoxy) is 1. The van der Waals surface area contributed by atoms with Gasteiger partial charge < -0.3 is 4.74 Å². The molecule has 0 spiro atoms. The zero-order valence-corrected chi connectivity index (χ0v) is 13.1. The van der Waals surface area contributed by atoms with Crippen molar-refractivity contribution in [1.82, 2.24) is 0 Å². The average molecular weight is 388 g/mol. The first-order valence-corrected chi connectivity index (χ1v) is 6.94. The van der Waals surface area contributed by atoms with Crippen LogP contribution in [0.2, 0.25) is 0 Å². The maximum absolute atomic E-state index is 13.3. The Kier molecular flexibility index (Phi) is 4.37. The van der Waals surface area contributed by atoms with Crippen molar-refractivity contribution in [3.63, 3.8) is 0 Å². The van der Waals surface area contributed by atoms with Gasteiger partial charge in [-0.05, 0) is 52.3 Å². The van der Waals surface area contributed by atoms with Gasteiger partial charge in [0.2, 0.25) is 0 Å². The maximum atomic E-state index is 13.3. The second kappa shape index (κ2) is 5.84. The molecule has 0 radical (unpaired) electrons. The molecule has 2 aromatic rings. The van der Waals surface area contributed by atoms with E-state index in [1.165, 1.54) is 12.1 Å². The smallest absolute Gasteiger partial charge is 0.193 e. The van der Waals surface area contributed by atoms with Crippen LogP contribution in [0.15, 0.2) is 45.3 Å². The van der Waals surface area contributed by atoms with Gasteiger partial charge in [0.05, 0.1) is 11.6 Å². The molecule has 0 amide bonds. The van der Waals surface area contributed by atoms with Gasteiger partial charge in [0, 0.05) is 15.6 Å². The molecule has 0 saturated carbocycles. The quantitative estimate of drug-likeness (QED) is 0.720. The highest BCUT2D eigenvalue weighted by atomic mass is 79.9. The predicted octanol–water partition coefficient (Wildman–Crippen LogP) is 4.59. The summed E-state index contributed by atoms with van der Waals surface area (Å²) in [5, 5.41) is 0. The van der Waals surface area contributed by atoms with Crippen molar-refractivity contribution in [2.45, 2.75) is 0 Å². The van der Waals surface area contributed by atoms with Gasteiger partial charge in [-0.25, -0.2) is 4.39 Å². The molecule has 0 unspecified atom stereocenters. The van der Waals surface area contributed by atoms with Crippen molar-refractivity contribution >= 4 is 37.6 Å². The molecule has 2 nitrogen and oxygen atoms in total. The van der Waals surface area contributed by atoms with Crippen LogP contribution in [-0.2, 0) is 0 Å². The third-order valence-corrected chi connectivity index (χ3v) is 3.62. The van der Waals surface area contributed by atoms with E-state index in [4.69, 9.17) is 4.74 Å². The first-order chi connectivity index (χ1) is 9.01. The fraction of sp³-hybridized carbons (Fsp3) is 0.0714. The van der Waals surface area contributed by atoms with Gasteiger partial charge in [-0.1, -0.05) is 15.9 Å². The highest BCUT2D eigenvalue weighted by Gasteiger charge is 2.13. The van der Waals surface area contributed by atoms with Crippen LogP contribution < -0.4 is 4.74 Å². The summed E-state index contributed by atoms with van der Waals surface area (Å²) in [6, 6.07) is 9.09. The first-order valence-electron chi connectivity index (χ1n) is 5.35. The number of halogens is 3. The monoisotopic (exact) mass is 386 g/mol. The number of hydrogen-bond donors (Lipinski definition) is 0. The van der Waals surface area contributed by atoms with E-state index in [-0.39, 0.29) is 5.78 Å². The lowest BCUT2D eigenvalue weighted by Crippen LogP contribution is -2.02. The van der Waals surface area contributed by atoms with Gasteiger partial charge in [0.1, 0.15) is 11.6 Å². The Hall–Kier alpha value is -1.20. The van der Waals surface area contributed by atoms with E-state index in [9.17, 15) is 9.18 Å². The molecule has 2 aromatic carbocycles. The molecule has 19 heavy (non-hydrogen) atoms. The van der Waals surface area contributed by atoms with E-state index in [0.717, 1.165) is 0 Å². The average Bonchev–Trinajstić information content (AvgIpc) is 2.36. The van der Waals surface area contributed by atoms with Crippen LogP contribution in [0.4, 0.5) is 4.39 Å². The van der Waals surface area contributed by atoms with E-state index in [1.54, 1.807) is 31.4 Å². The summed E-state index contributed by atoms with van der Waals surface area (Å²) >= 11 is 6.49. The van der Waals surface area contributed by atoms with Crippen molar-refractivity contribution in [3.05, 3.63) is 62.3 Å². The molecule has 0 aliphatic heterocycles. The molecular formula is C14H9Br2FO2. The Balaban J connectivity index is 2.41. The zero-order chi connectivity index (χ0) is 14.0. The molecular weight excluding hydrogens is 379 g/mol. The van der Waals surface area contributed by atoms with Crippen LogP contribution >= 0.6 is 31.9 Å². The van der Waals surface area contributed by atoms with Crippen molar-refractivity contribution in [2.24, 2.45) is 0 Å². The van der Waals surface area contributed by atoms with Crippen LogP contribution in [-0.4, -0.2) is 12.9 Å². The second-order valence-corrected chi connectivity index (χ2v) is 5.61. The standard InChI is InChI=1S/C14H9Br2FO2/c1-19-13-3-2-8(6-12(13)16)14(18)9-4-10(15)7-11(17)5-9/h2-7H,1H3. The highest BCUT2D eigenvalue weighted by Crippen LogP contribution is 2.27. The zero-order valence-electron chi connectivity index (χ0n) is 9.91. The Labute approximate surface area is 126 Å². The Morgan fingerprint density at radius 1 is 1.11 bits per heavy atom. The first kappa shape index (κ1) is 14.2. The molecule has 0 aliphatic rings. The molecule has 0 aliphatic carbocycles. The van der Waals surface area contributed by atoms with E-state index in [1.807, 2.05) is 0 Å². The van der Waals surface area contributed by atoms with Crippen LogP contribution in [0, 0.1) is 5.82 Å². The lowest BCUT2D eigenvalue weighted by Gasteiger charge is -2.06. The summed E-state index contributed by atoms with van der Waals surface area (Å²) in [5.74, 6) is -0.0640. The fourth-order valence-corrected chi connectivity index (χ4v) is 2.67. The van der Waals surface area contributed by atoms with Gasteiger partial charge >= 0.3 is 0 Å². The largest absolute Gasteiger partial charge is 0.496 e. The molecule has 0 N–H and O–H groups in total. The Morgan fingerprint density at radius 3 is 2.42 bits per heavy atom. The lowest BCUT2D eigenvalue weighted by atomic mass is 10.0. The van der Waals surface area contributed by atoms with Crippen LogP contribution in [0.1, 0.15) is 15.9 Å². The predicted molar refractivity (Wildman–Crippen MR) is 78.2 cm³/mol. The minimum Gasteiger partial charge on any atom is -0.496 e. The minimum absolute atomic E-state index is 0.247. The molecule has 0 heterocycles. The second-order valence-electron chi connectivity index (χ2n) is 3.84. The van der Waals surface area contributed by atoms with Gasteiger partial charge in [0.15, 0.2) is 5.78 Å². The topological polar surface area (TPSA) is 26.3 Å². The summed E-state index contributed by atoms with van der Waals surface area (Å²) in [7, 11) is 1.55. The molecule has 0 saturated heterocycles. The lowest BCUT2D eigenvalue weighted by molar-refractivity contribution is 0.103. The van der Waals surface area contributed by atoms with Crippen molar-refractivity contribution in [2.75, 3.05) is 7.11 Å². The minimum atomic E-state index is -0.453. The van der Waals surface area contributed by atoms with E-state index >= 15 is 0 Å². The number of rotatable bonds is 3. The summed E-state index contributed by atoms with van der Waals surface area (Å²) in [6.07, 6.45) is 0. The van der Waals surface area contributed by atoms with E-state index < -0.39 is 5.82 Å². The summed E-state index contributed by atoms with van der Waals surface area (Å²) < 4.78 is 19.6. The molecule has 2 rings (SSSR count). The third-order valence-electron chi connectivity index (χ3n) is 2.54. The number of methoxy groups -OCH3 is 1. The number of ketones is 1.